The molecule has 1 aliphatic rings. The molecule has 1 fully saturated rings. The molecule has 1 N–H and O–H groups in total. The van der Waals surface area contributed by atoms with Crippen molar-refractivity contribution >= 4 is 22.8 Å². The van der Waals surface area contributed by atoms with Crippen molar-refractivity contribution < 1.29 is 14.3 Å². The largest absolute Gasteiger partial charge is 0.469 e. The summed E-state index contributed by atoms with van der Waals surface area (Å²) in [6.45, 7) is 1.77. The van der Waals surface area contributed by atoms with E-state index in [-0.39, 0.29) is 22.9 Å². The Hall–Kier alpha value is -1.75. The second-order valence-corrected chi connectivity index (χ2v) is 5.33. The maximum Gasteiger partial charge on any atom is 0.309 e. The average molecular weight is 277 g/mol. The summed E-state index contributed by atoms with van der Waals surface area (Å²) in [6, 6.07) is 9.74. The molecule has 0 radical (unpaired) electrons. The predicted molar refractivity (Wildman–Crippen MR) is 74.2 cm³/mol. The normalized spacial score (nSPS) is 20.9. The number of hydrogen-bond donors (Lipinski definition) is 1. The smallest absolute Gasteiger partial charge is 0.309 e. The van der Waals surface area contributed by atoms with Crippen LogP contribution in [0.3, 0.4) is 0 Å². The maximum absolute atomic E-state index is 12.0. The first-order chi connectivity index (χ1) is 9.11. The fourth-order valence-corrected chi connectivity index (χ4v) is 2.87. The van der Waals surface area contributed by atoms with Gasteiger partial charge in [0.1, 0.15) is 5.37 Å². The van der Waals surface area contributed by atoms with Crippen molar-refractivity contribution in [3.63, 3.8) is 0 Å². The van der Waals surface area contributed by atoms with Crippen molar-refractivity contribution in [2.24, 2.45) is 0 Å². The fourth-order valence-electron chi connectivity index (χ4n) is 1.84. The van der Waals surface area contributed by atoms with Crippen LogP contribution in [0.5, 0.6) is 0 Å². The maximum atomic E-state index is 12.0. The van der Waals surface area contributed by atoms with E-state index in [0.29, 0.717) is 11.3 Å². The number of nitrogens with one attached hydrogen (secondary N) is 1. The zero-order valence-electron chi connectivity index (χ0n) is 10.8. The molecule has 2 rings (SSSR count). The summed E-state index contributed by atoms with van der Waals surface area (Å²) in [5.74, 6) is -0.340. The molecule has 0 spiro atoms. The molecule has 0 aromatic heterocycles. The molecule has 1 unspecified atom stereocenters. The molecule has 1 aromatic carbocycles. The molecule has 5 heteroatoms. The standard InChI is InChI=1S/C14H15NO3S/c1-9(8-11(16)18-2)12-14(17)19-13(15-12)10-6-4-3-5-7-10/h3-7,13,15H,8H2,1-2H3/b12-9-. The number of carbonyl (C=O) groups excluding carboxylic acids is 2. The lowest BCUT2D eigenvalue weighted by molar-refractivity contribution is -0.139. The lowest BCUT2D eigenvalue weighted by atomic mass is 10.1. The van der Waals surface area contributed by atoms with Crippen molar-refractivity contribution in [1.82, 2.24) is 5.32 Å². The van der Waals surface area contributed by atoms with Gasteiger partial charge in [-0.05, 0) is 18.1 Å². The highest BCUT2D eigenvalue weighted by Gasteiger charge is 2.30. The van der Waals surface area contributed by atoms with Crippen LogP contribution >= 0.6 is 11.8 Å². The number of rotatable bonds is 3. The molecule has 0 amide bonds. The number of ether oxygens (including phenoxy) is 1. The van der Waals surface area contributed by atoms with Crippen molar-refractivity contribution in [2.45, 2.75) is 18.7 Å². The van der Waals surface area contributed by atoms with Crippen LogP contribution in [0.2, 0.25) is 0 Å². The Balaban J connectivity index is 2.15. The van der Waals surface area contributed by atoms with Gasteiger partial charge >= 0.3 is 5.97 Å². The second-order valence-electron chi connectivity index (χ2n) is 4.25. The highest BCUT2D eigenvalue weighted by atomic mass is 32.2. The third-order valence-electron chi connectivity index (χ3n) is 2.87. The summed E-state index contributed by atoms with van der Waals surface area (Å²) in [6.07, 6.45) is 0.132. The van der Waals surface area contributed by atoms with Crippen LogP contribution < -0.4 is 5.32 Å². The number of esters is 1. The lowest BCUT2D eigenvalue weighted by Crippen LogP contribution is -2.15. The summed E-state index contributed by atoms with van der Waals surface area (Å²) in [7, 11) is 1.34. The van der Waals surface area contributed by atoms with Gasteiger partial charge in [0.2, 0.25) is 5.12 Å². The molecule has 1 atom stereocenters. The third-order valence-corrected chi connectivity index (χ3v) is 3.91. The van der Waals surface area contributed by atoms with Gasteiger partial charge in [0.15, 0.2) is 0 Å². The van der Waals surface area contributed by atoms with E-state index >= 15 is 0 Å². The summed E-state index contributed by atoms with van der Waals surface area (Å²) < 4.78 is 4.61. The summed E-state index contributed by atoms with van der Waals surface area (Å²) in [5, 5.41) is 3.05. The molecule has 100 valence electrons. The molecular weight excluding hydrogens is 262 g/mol. The molecule has 0 bridgehead atoms. The second kappa shape index (κ2) is 5.93. The fraction of sp³-hybridized carbons (Fsp3) is 0.286. The van der Waals surface area contributed by atoms with Gasteiger partial charge < -0.3 is 10.1 Å². The number of hydrogen-bond acceptors (Lipinski definition) is 5. The molecule has 4 nitrogen and oxygen atoms in total. The minimum atomic E-state index is -0.340. The van der Waals surface area contributed by atoms with Crippen LogP contribution in [-0.4, -0.2) is 18.2 Å². The van der Waals surface area contributed by atoms with E-state index in [1.54, 1.807) is 6.92 Å². The van der Waals surface area contributed by atoms with Gasteiger partial charge in [-0.15, -0.1) is 0 Å². The Bertz CT molecular complexity index is 525. The van der Waals surface area contributed by atoms with Crippen LogP contribution in [0.25, 0.3) is 0 Å². The first kappa shape index (κ1) is 13.7. The Labute approximate surface area is 116 Å². The minimum Gasteiger partial charge on any atom is -0.469 e. The molecular formula is C14H15NO3S. The summed E-state index contributed by atoms with van der Waals surface area (Å²) >= 11 is 1.23. The van der Waals surface area contributed by atoms with Crippen molar-refractivity contribution in [3.05, 3.63) is 47.2 Å². The van der Waals surface area contributed by atoms with Gasteiger partial charge in [-0.1, -0.05) is 42.1 Å². The molecule has 1 saturated heterocycles. The molecule has 1 aliphatic heterocycles. The first-order valence-electron chi connectivity index (χ1n) is 5.91. The van der Waals surface area contributed by atoms with Crippen LogP contribution in [-0.2, 0) is 14.3 Å². The van der Waals surface area contributed by atoms with E-state index in [1.807, 2.05) is 30.3 Å². The van der Waals surface area contributed by atoms with Gasteiger partial charge in [0, 0.05) is 0 Å². The van der Waals surface area contributed by atoms with E-state index in [2.05, 4.69) is 10.1 Å². The van der Waals surface area contributed by atoms with E-state index in [9.17, 15) is 9.59 Å². The zero-order chi connectivity index (χ0) is 13.8. The Kier molecular flexibility index (Phi) is 4.27. The Morgan fingerprint density at radius 1 is 1.37 bits per heavy atom. The molecule has 1 heterocycles. The van der Waals surface area contributed by atoms with Crippen molar-refractivity contribution in [3.8, 4) is 0 Å². The van der Waals surface area contributed by atoms with Crippen LogP contribution in [0.1, 0.15) is 24.3 Å². The number of thioether (sulfide) groups is 1. The van der Waals surface area contributed by atoms with E-state index in [1.165, 1.54) is 18.9 Å². The van der Waals surface area contributed by atoms with Crippen LogP contribution in [0, 0.1) is 0 Å². The number of benzene rings is 1. The predicted octanol–water partition coefficient (Wildman–Crippen LogP) is 2.39. The van der Waals surface area contributed by atoms with E-state index < -0.39 is 0 Å². The molecule has 0 saturated carbocycles. The van der Waals surface area contributed by atoms with E-state index in [4.69, 9.17) is 0 Å². The SMILES string of the molecule is COC(=O)C/C(C)=C1\NC(c2ccccc2)SC1=O. The highest BCUT2D eigenvalue weighted by Crippen LogP contribution is 2.36. The van der Waals surface area contributed by atoms with Gasteiger partial charge in [-0.25, -0.2) is 0 Å². The van der Waals surface area contributed by atoms with Gasteiger partial charge in [0.05, 0.1) is 19.2 Å². The summed E-state index contributed by atoms with van der Waals surface area (Å²) in [5.41, 5.74) is 2.27. The Morgan fingerprint density at radius 2 is 2.05 bits per heavy atom. The molecule has 0 aliphatic carbocycles. The zero-order valence-corrected chi connectivity index (χ0v) is 11.6. The topological polar surface area (TPSA) is 55.4 Å². The number of carbonyl (C=O) groups is 2. The van der Waals surface area contributed by atoms with Crippen molar-refractivity contribution in [2.75, 3.05) is 7.11 Å². The van der Waals surface area contributed by atoms with Gasteiger partial charge in [-0.2, -0.15) is 0 Å². The van der Waals surface area contributed by atoms with Gasteiger partial charge in [-0.3, -0.25) is 9.59 Å². The lowest BCUT2D eigenvalue weighted by Gasteiger charge is -2.10. The number of methoxy groups -OCH3 is 1. The monoisotopic (exact) mass is 277 g/mol. The van der Waals surface area contributed by atoms with Crippen molar-refractivity contribution in [1.29, 1.82) is 0 Å². The minimum absolute atomic E-state index is 0.0322. The molecule has 1 aromatic rings. The first-order valence-corrected chi connectivity index (χ1v) is 6.79. The average Bonchev–Trinajstić information content (AvgIpc) is 2.81. The van der Waals surface area contributed by atoms with Gasteiger partial charge in [0.25, 0.3) is 0 Å². The van der Waals surface area contributed by atoms with Crippen LogP contribution in [0.15, 0.2) is 41.6 Å². The molecule has 19 heavy (non-hydrogen) atoms. The highest BCUT2D eigenvalue weighted by molar-refractivity contribution is 8.14. The van der Waals surface area contributed by atoms with E-state index in [0.717, 1.165) is 5.56 Å². The quantitative estimate of drug-likeness (QED) is 0.679. The Morgan fingerprint density at radius 3 is 2.68 bits per heavy atom. The third kappa shape index (κ3) is 3.17. The summed E-state index contributed by atoms with van der Waals surface area (Å²) in [4.78, 5) is 23.2. The van der Waals surface area contributed by atoms with Crippen LogP contribution in [0.4, 0.5) is 0 Å².